The second-order valence-electron chi connectivity index (χ2n) is 4.02. The van der Waals surface area contributed by atoms with E-state index in [1.165, 1.54) is 7.11 Å². The fourth-order valence-corrected chi connectivity index (χ4v) is 1.63. The van der Waals surface area contributed by atoms with Gasteiger partial charge in [-0.3, -0.25) is 0 Å². The van der Waals surface area contributed by atoms with Crippen molar-refractivity contribution < 1.29 is 9.53 Å². The lowest BCUT2D eigenvalue weighted by molar-refractivity contribution is 0.0601. The molecule has 2 N–H and O–H groups in total. The van der Waals surface area contributed by atoms with Crippen LogP contribution in [-0.2, 0) is 4.74 Å². The molecule has 86 valence electrons. The van der Waals surface area contributed by atoms with Crippen LogP contribution in [0, 0.1) is 6.92 Å². The van der Waals surface area contributed by atoms with E-state index in [1.54, 1.807) is 6.07 Å². The first kappa shape index (κ1) is 11.0. The number of methoxy groups -OCH3 is 1. The molecule has 0 atom stereocenters. The zero-order valence-corrected chi connectivity index (χ0v) is 9.54. The van der Waals surface area contributed by atoms with Crippen LogP contribution in [0.4, 0.5) is 5.69 Å². The molecule has 0 radical (unpaired) electrons. The fraction of sp³-hybridized carbons (Fsp3) is 0.417. The van der Waals surface area contributed by atoms with Crippen LogP contribution in [0.3, 0.4) is 0 Å². The van der Waals surface area contributed by atoms with Gasteiger partial charge in [-0.15, -0.1) is 0 Å². The third-order valence-electron chi connectivity index (χ3n) is 2.80. The van der Waals surface area contributed by atoms with Crippen molar-refractivity contribution in [2.75, 3.05) is 25.5 Å². The topological polar surface area (TPSA) is 50.4 Å². The first-order valence-corrected chi connectivity index (χ1v) is 5.37. The van der Waals surface area contributed by atoms with Gasteiger partial charge in [0.15, 0.2) is 0 Å². The first-order chi connectivity index (χ1) is 7.70. The molecule has 1 heterocycles. The van der Waals surface area contributed by atoms with Crippen molar-refractivity contribution in [2.45, 2.75) is 13.0 Å². The Morgan fingerprint density at radius 2 is 2.25 bits per heavy atom. The quantitative estimate of drug-likeness (QED) is 0.751. The summed E-state index contributed by atoms with van der Waals surface area (Å²) in [6, 6.07) is 6.03. The molecule has 4 heteroatoms. The zero-order valence-electron chi connectivity index (χ0n) is 9.54. The van der Waals surface area contributed by atoms with Crippen molar-refractivity contribution >= 4 is 11.7 Å². The smallest absolute Gasteiger partial charge is 0.337 e. The number of esters is 1. The third kappa shape index (κ3) is 2.17. The molecule has 16 heavy (non-hydrogen) atoms. The van der Waals surface area contributed by atoms with E-state index >= 15 is 0 Å². The molecule has 0 aromatic heterocycles. The van der Waals surface area contributed by atoms with Crippen molar-refractivity contribution in [1.82, 2.24) is 5.32 Å². The molecule has 1 aliphatic heterocycles. The highest BCUT2D eigenvalue weighted by Gasteiger charge is 2.17. The highest BCUT2D eigenvalue weighted by atomic mass is 16.5. The summed E-state index contributed by atoms with van der Waals surface area (Å²) in [6.07, 6.45) is 0. The number of hydrogen-bond acceptors (Lipinski definition) is 4. The molecular weight excluding hydrogens is 204 g/mol. The number of ether oxygens (including phenoxy) is 1. The summed E-state index contributed by atoms with van der Waals surface area (Å²) in [6.45, 7) is 3.97. The zero-order chi connectivity index (χ0) is 11.5. The Morgan fingerprint density at radius 3 is 2.81 bits per heavy atom. The number of benzene rings is 1. The van der Waals surface area contributed by atoms with Gasteiger partial charge in [0.05, 0.1) is 18.7 Å². The Hall–Kier alpha value is -1.55. The molecule has 0 bridgehead atoms. The molecule has 1 fully saturated rings. The largest absolute Gasteiger partial charge is 0.465 e. The van der Waals surface area contributed by atoms with Crippen LogP contribution in [0.15, 0.2) is 18.2 Å². The second kappa shape index (κ2) is 4.53. The minimum Gasteiger partial charge on any atom is -0.465 e. The highest BCUT2D eigenvalue weighted by molar-refractivity contribution is 5.90. The van der Waals surface area contributed by atoms with E-state index in [1.807, 2.05) is 19.1 Å². The summed E-state index contributed by atoms with van der Waals surface area (Å²) in [5, 5.41) is 6.59. The van der Waals surface area contributed by atoms with Crippen LogP contribution >= 0.6 is 0 Å². The van der Waals surface area contributed by atoms with Gasteiger partial charge in [0.2, 0.25) is 0 Å². The highest BCUT2D eigenvalue weighted by Crippen LogP contribution is 2.19. The maximum Gasteiger partial charge on any atom is 0.337 e. The lowest BCUT2D eigenvalue weighted by atomic mass is 10.1. The molecule has 1 aliphatic rings. The summed E-state index contributed by atoms with van der Waals surface area (Å²) >= 11 is 0. The Labute approximate surface area is 95.0 Å². The SMILES string of the molecule is COC(=O)c1ccc(C)c(NC2CNC2)c1. The molecule has 0 aliphatic carbocycles. The molecule has 0 unspecified atom stereocenters. The van der Waals surface area contributed by atoms with Gasteiger partial charge in [-0.05, 0) is 24.6 Å². The minimum absolute atomic E-state index is 0.296. The Morgan fingerprint density at radius 1 is 1.50 bits per heavy atom. The maximum atomic E-state index is 11.4. The lowest BCUT2D eigenvalue weighted by Crippen LogP contribution is -2.51. The minimum atomic E-state index is -0.296. The Kier molecular flexibility index (Phi) is 3.10. The standard InChI is InChI=1S/C12H16N2O2/c1-8-3-4-9(12(15)16-2)5-11(8)14-10-6-13-7-10/h3-5,10,13-14H,6-7H2,1-2H3. The van der Waals surface area contributed by atoms with Crippen LogP contribution in [-0.4, -0.2) is 32.2 Å². The van der Waals surface area contributed by atoms with Gasteiger partial charge in [0.1, 0.15) is 0 Å². The summed E-state index contributed by atoms with van der Waals surface area (Å²) < 4.78 is 4.70. The van der Waals surface area contributed by atoms with Crippen LogP contribution in [0.2, 0.25) is 0 Å². The molecule has 0 saturated carbocycles. The average Bonchev–Trinajstić information content (AvgIpc) is 2.24. The van der Waals surface area contributed by atoms with Crippen LogP contribution in [0.1, 0.15) is 15.9 Å². The van der Waals surface area contributed by atoms with Crippen molar-refractivity contribution in [1.29, 1.82) is 0 Å². The van der Waals surface area contributed by atoms with Crippen LogP contribution in [0.25, 0.3) is 0 Å². The normalized spacial score (nSPS) is 15.4. The maximum absolute atomic E-state index is 11.4. The van der Waals surface area contributed by atoms with Crippen molar-refractivity contribution in [3.8, 4) is 0 Å². The molecule has 0 spiro atoms. The number of aryl methyl sites for hydroxylation is 1. The molecular formula is C12H16N2O2. The summed E-state index contributed by atoms with van der Waals surface area (Å²) in [4.78, 5) is 11.4. The van der Waals surface area contributed by atoms with Gasteiger partial charge in [0, 0.05) is 18.8 Å². The molecule has 1 aromatic carbocycles. The van der Waals surface area contributed by atoms with Gasteiger partial charge in [-0.2, -0.15) is 0 Å². The predicted octanol–water partition coefficient (Wildman–Crippen LogP) is 1.17. The fourth-order valence-electron chi connectivity index (χ4n) is 1.63. The average molecular weight is 220 g/mol. The van der Waals surface area contributed by atoms with E-state index in [-0.39, 0.29) is 5.97 Å². The predicted molar refractivity (Wildman–Crippen MR) is 62.8 cm³/mol. The van der Waals surface area contributed by atoms with Crippen LogP contribution < -0.4 is 10.6 Å². The van der Waals surface area contributed by atoms with Gasteiger partial charge in [-0.1, -0.05) is 6.07 Å². The number of hydrogen-bond donors (Lipinski definition) is 2. The molecule has 2 rings (SSSR count). The van der Waals surface area contributed by atoms with E-state index in [0.717, 1.165) is 24.3 Å². The van der Waals surface area contributed by atoms with Crippen molar-refractivity contribution in [3.63, 3.8) is 0 Å². The van der Waals surface area contributed by atoms with Gasteiger partial charge in [0.25, 0.3) is 0 Å². The third-order valence-corrected chi connectivity index (χ3v) is 2.80. The van der Waals surface area contributed by atoms with Gasteiger partial charge < -0.3 is 15.4 Å². The molecule has 4 nitrogen and oxygen atoms in total. The van der Waals surface area contributed by atoms with Crippen molar-refractivity contribution in [3.05, 3.63) is 29.3 Å². The Bertz CT molecular complexity index is 400. The van der Waals surface area contributed by atoms with E-state index in [0.29, 0.717) is 11.6 Å². The summed E-state index contributed by atoms with van der Waals surface area (Å²) in [5.41, 5.74) is 2.73. The monoisotopic (exact) mass is 220 g/mol. The van der Waals surface area contributed by atoms with E-state index < -0.39 is 0 Å². The Balaban J connectivity index is 2.17. The van der Waals surface area contributed by atoms with Crippen LogP contribution in [0.5, 0.6) is 0 Å². The number of nitrogens with one attached hydrogen (secondary N) is 2. The van der Waals surface area contributed by atoms with Crippen molar-refractivity contribution in [2.24, 2.45) is 0 Å². The van der Waals surface area contributed by atoms with E-state index in [4.69, 9.17) is 4.74 Å². The number of carbonyl (C=O) groups excluding carboxylic acids is 1. The molecule has 1 saturated heterocycles. The first-order valence-electron chi connectivity index (χ1n) is 5.37. The summed E-state index contributed by atoms with van der Waals surface area (Å²) in [5.74, 6) is -0.296. The van der Waals surface area contributed by atoms with Gasteiger partial charge >= 0.3 is 5.97 Å². The molecule has 1 aromatic rings. The second-order valence-corrected chi connectivity index (χ2v) is 4.02. The summed E-state index contributed by atoms with van der Waals surface area (Å²) in [7, 11) is 1.39. The number of anilines is 1. The van der Waals surface area contributed by atoms with Gasteiger partial charge in [-0.25, -0.2) is 4.79 Å². The number of rotatable bonds is 3. The van der Waals surface area contributed by atoms with E-state index in [9.17, 15) is 4.79 Å². The number of carbonyl (C=O) groups is 1. The lowest BCUT2D eigenvalue weighted by Gasteiger charge is -2.29. The molecule has 0 amide bonds. The van der Waals surface area contributed by atoms with E-state index in [2.05, 4.69) is 10.6 Å².